The molecule has 0 aliphatic carbocycles. The van der Waals surface area contributed by atoms with Crippen LogP contribution in [0.1, 0.15) is 102 Å². The molecule has 2 heteroatoms. The summed E-state index contributed by atoms with van der Waals surface area (Å²) in [6.07, 6.45) is 19.0. The van der Waals surface area contributed by atoms with Crippen LogP contribution in [0, 0.1) is 0 Å². The van der Waals surface area contributed by atoms with Crippen LogP contribution in [0.3, 0.4) is 0 Å². The Morgan fingerprint density at radius 3 is 1.75 bits per heavy atom. The number of rotatable bonds is 14. The Kier molecular flexibility index (Phi) is 16.6. The van der Waals surface area contributed by atoms with Crippen molar-refractivity contribution in [1.82, 2.24) is 0 Å². The number of benzene rings is 1. The van der Waals surface area contributed by atoms with E-state index in [1.807, 2.05) is 0 Å². The van der Waals surface area contributed by atoms with E-state index < -0.39 is 0 Å². The third-order valence-electron chi connectivity index (χ3n) is 4.83. The van der Waals surface area contributed by atoms with Crippen molar-refractivity contribution in [3.05, 3.63) is 29.3 Å². The van der Waals surface area contributed by atoms with Crippen LogP contribution in [-0.4, -0.2) is 0 Å². The van der Waals surface area contributed by atoms with Gasteiger partial charge in [0.15, 0.2) is 0 Å². The topological polar surface area (TPSA) is 0 Å². The number of unbranched alkanes of at least 4 members (excludes halogenated alkanes) is 10. The van der Waals surface area contributed by atoms with Crippen molar-refractivity contribution in [3.63, 3.8) is 0 Å². The third-order valence-corrected chi connectivity index (χ3v) is 5.25. The van der Waals surface area contributed by atoms with Gasteiger partial charge in [-0.1, -0.05) is 90.2 Å². The van der Waals surface area contributed by atoms with E-state index in [2.05, 4.69) is 32.0 Å². The molecular weight excluding hydrogens is 355 g/mol. The summed E-state index contributed by atoms with van der Waals surface area (Å²) in [5.41, 5.74) is 3.08. The molecule has 0 unspecified atom stereocenters. The van der Waals surface area contributed by atoms with Gasteiger partial charge in [-0.05, 0) is 42.9 Å². The standard InChI is InChI=1S/C22H38S.Ni/c1-3-5-7-9-11-13-16-20-17-15-19-22(23)21(20)18-14-12-10-8-6-4-2;/h15,17,19,23H,3-14,16,18H2,1-2H3;. The summed E-state index contributed by atoms with van der Waals surface area (Å²) in [7, 11) is 0. The maximum absolute atomic E-state index is 4.72. The van der Waals surface area contributed by atoms with E-state index in [1.54, 1.807) is 5.56 Å². The van der Waals surface area contributed by atoms with Gasteiger partial charge in [0.1, 0.15) is 0 Å². The van der Waals surface area contributed by atoms with Gasteiger partial charge in [0.25, 0.3) is 0 Å². The van der Waals surface area contributed by atoms with E-state index >= 15 is 0 Å². The van der Waals surface area contributed by atoms with Crippen LogP contribution in [0.2, 0.25) is 0 Å². The molecule has 0 N–H and O–H groups in total. The van der Waals surface area contributed by atoms with Crippen molar-refractivity contribution >= 4 is 12.6 Å². The van der Waals surface area contributed by atoms with Crippen molar-refractivity contribution in [2.45, 2.75) is 109 Å². The Balaban J connectivity index is 0.00000529. The second-order valence-electron chi connectivity index (χ2n) is 6.95. The zero-order chi connectivity index (χ0) is 16.8. The molecule has 0 aromatic heterocycles. The third kappa shape index (κ3) is 10.8. The van der Waals surface area contributed by atoms with Crippen molar-refractivity contribution in [2.24, 2.45) is 0 Å². The van der Waals surface area contributed by atoms with Crippen molar-refractivity contribution in [3.8, 4) is 0 Å². The number of hydrogen-bond acceptors (Lipinski definition) is 1. The molecule has 0 spiro atoms. The van der Waals surface area contributed by atoms with Gasteiger partial charge >= 0.3 is 0 Å². The molecule has 0 fully saturated rings. The molecule has 142 valence electrons. The molecule has 0 bridgehead atoms. The van der Waals surface area contributed by atoms with Gasteiger partial charge < -0.3 is 0 Å². The summed E-state index contributed by atoms with van der Waals surface area (Å²) in [4.78, 5) is 1.21. The van der Waals surface area contributed by atoms with E-state index in [4.69, 9.17) is 12.6 Å². The first-order valence-electron chi connectivity index (χ1n) is 10.1. The summed E-state index contributed by atoms with van der Waals surface area (Å²) in [5, 5.41) is 0. The van der Waals surface area contributed by atoms with Gasteiger partial charge in [0.2, 0.25) is 0 Å². The van der Waals surface area contributed by atoms with Crippen molar-refractivity contribution in [2.75, 3.05) is 0 Å². The Bertz CT molecular complexity index is 403. The van der Waals surface area contributed by atoms with Crippen LogP contribution in [-0.2, 0) is 29.3 Å². The molecule has 1 rings (SSSR count). The first kappa shape index (κ1) is 24.1. The molecule has 0 saturated carbocycles. The van der Waals surface area contributed by atoms with E-state index in [9.17, 15) is 0 Å². The van der Waals surface area contributed by atoms with E-state index in [-0.39, 0.29) is 16.5 Å². The van der Waals surface area contributed by atoms with Crippen LogP contribution in [0.5, 0.6) is 0 Å². The molecule has 1 aromatic carbocycles. The van der Waals surface area contributed by atoms with Crippen LogP contribution < -0.4 is 0 Å². The first-order valence-corrected chi connectivity index (χ1v) is 10.5. The van der Waals surface area contributed by atoms with Gasteiger partial charge in [0, 0.05) is 21.4 Å². The maximum Gasteiger partial charge on any atom is 0.00747 e. The van der Waals surface area contributed by atoms with Gasteiger partial charge in [-0.2, -0.15) is 0 Å². The molecule has 0 atom stereocenters. The smallest absolute Gasteiger partial charge is 0.00747 e. The predicted octanol–water partition coefficient (Wildman–Crippen LogP) is 7.78. The number of hydrogen-bond donors (Lipinski definition) is 1. The second-order valence-corrected chi connectivity index (χ2v) is 7.43. The van der Waals surface area contributed by atoms with Crippen LogP contribution in [0.4, 0.5) is 0 Å². The summed E-state index contributed by atoms with van der Waals surface area (Å²) < 4.78 is 0. The molecule has 0 heterocycles. The van der Waals surface area contributed by atoms with Crippen molar-refractivity contribution < 1.29 is 16.5 Å². The first-order chi connectivity index (χ1) is 11.3. The van der Waals surface area contributed by atoms with E-state index in [1.165, 1.54) is 100 Å². The fourth-order valence-electron chi connectivity index (χ4n) is 3.32. The summed E-state index contributed by atoms with van der Waals surface area (Å²) in [6.45, 7) is 4.57. The molecule has 0 saturated heterocycles. The normalized spacial score (nSPS) is 10.6. The van der Waals surface area contributed by atoms with Gasteiger partial charge in [0.05, 0.1) is 0 Å². The summed E-state index contributed by atoms with van der Waals surface area (Å²) in [6, 6.07) is 6.68. The van der Waals surface area contributed by atoms with E-state index in [0.29, 0.717) is 0 Å². The largest absolute Gasteiger partial charge is 0.143 e. The quantitative estimate of drug-likeness (QED) is 0.186. The second kappa shape index (κ2) is 16.5. The minimum Gasteiger partial charge on any atom is -0.143 e. The fourth-order valence-corrected chi connectivity index (χ4v) is 3.66. The zero-order valence-corrected chi connectivity index (χ0v) is 17.8. The fraction of sp³-hybridized carbons (Fsp3) is 0.727. The monoisotopic (exact) mass is 392 g/mol. The maximum atomic E-state index is 4.72. The molecule has 0 amide bonds. The predicted molar refractivity (Wildman–Crippen MR) is 108 cm³/mol. The van der Waals surface area contributed by atoms with Crippen molar-refractivity contribution in [1.29, 1.82) is 0 Å². The molecule has 0 nitrogen and oxygen atoms in total. The van der Waals surface area contributed by atoms with Gasteiger partial charge in [-0.3, -0.25) is 0 Å². The summed E-state index contributed by atoms with van der Waals surface area (Å²) >= 11 is 4.72. The average Bonchev–Trinajstić information content (AvgIpc) is 2.56. The molecular formula is C22H38NiS. The molecule has 0 aliphatic rings. The van der Waals surface area contributed by atoms with Gasteiger partial charge in [-0.25, -0.2) is 0 Å². The minimum absolute atomic E-state index is 0. The minimum atomic E-state index is 0. The summed E-state index contributed by atoms with van der Waals surface area (Å²) in [5.74, 6) is 0. The molecule has 24 heavy (non-hydrogen) atoms. The average molecular weight is 393 g/mol. The Morgan fingerprint density at radius 2 is 1.17 bits per heavy atom. The Morgan fingerprint density at radius 1 is 0.667 bits per heavy atom. The Labute approximate surface area is 166 Å². The number of thiol groups is 1. The van der Waals surface area contributed by atoms with Crippen LogP contribution in [0.25, 0.3) is 0 Å². The van der Waals surface area contributed by atoms with Crippen LogP contribution >= 0.6 is 12.6 Å². The molecule has 0 aliphatic heterocycles. The number of aryl methyl sites for hydroxylation is 1. The SMILES string of the molecule is CCCCCCCCc1cccc(S)c1CCCCCCCC.[Ni]. The Hall–Kier alpha value is 0.0635. The van der Waals surface area contributed by atoms with E-state index in [0.717, 1.165) is 0 Å². The molecule has 0 radical (unpaired) electrons. The molecule has 1 aromatic rings. The van der Waals surface area contributed by atoms with Gasteiger partial charge in [-0.15, -0.1) is 12.6 Å². The zero-order valence-electron chi connectivity index (χ0n) is 15.9. The van der Waals surface area contributed by atoms with Crippen LogP contribution in [0.15, 0.2) is 23.1 Å².